The molecule has 0 aliphatic carbocycles. The van der Waals surface area contributed by atoms with Crippen molar-refractivity contribution in [2.45, 2.75) is 42.9 Å². The second-order valence-corrected chi connectivity index (χ2v) is 5.37. The molecule has 0 saturated carbocycles. The zero-order valence-electron chi connectivity index (χ0n) is 10.8. The van der Waals surface area contributed by atoms with Crippen LogP contribution in [0.25, 0.3) is 0 Å². The Bertz CT molecular complexity index is 366. The summed E-state index contributed by atoms with van der Waals surface area (Å²) in [5.74, 6) is -1.36. The minimum absolute atomic E-state index is 0. The SMILES string of the molecule is Br.CC(=O)O[C@@H]1[C@H](O)[C@@H](OC(C)=O)[C@](N)(Br)O[C@H]1CO. The maximum atomic E-state index is 11.0. The van der Waals surface area contributed by atoms with Crippen LogP contribution in [0.2, 0.25) is 0 Å². The monoisotopic (exact) mass is 421 g/mol. The van der Waals surface area contributed by atoms with Crippen LogP contribution in [0, 0.1) is 0 Å². The lowest BCUT2D eigenvalue weighted by Gasteiger charge is -2.45. The summed E-state index contributed by atoms with van der Waals surface area (Å²) in [5.41, 5.74) is 5.73. The molecule has 4 N–H and O–H groups in total. The number of carbonyl (C=O) groups excluding carboxylic acids is 2. The number of carbonyl (C=O) groups is 2. The van der Waals surface area contributed by atoms with Crippen molar-refractivity contribution in [3.63, 3.8) is 0 Å². The van der Waals surface area contributed by atoms with Gasteiger partial charge in [0.2, 0.25) is 4.63 Å². The van der Waals surface area contributed by atoms with E-state index in [2.05, 4.69) is 15.9 Å². The smallest absolute Gasteiger partial charge is 0.303 e. The molecule has 1 rings (SSSR count). The van der Waals surface area contributed by atoms with Gasteiger partial charge < -0.3 is 24.4 Å². The van der Waals surface area contributed by atoms with Crippen LogP contribution in [0.5, 0.6) is 0 Å². The van der Waals surface area contributed by atoms with Crippen molar-refractivity contribution in [1.82, 2.24) is 0 Å². The second-order valence-electron chi connectivity index (χ2n) is 4.13. The van der Waals surface area contributed by atoms with E-state index < -0.39 is 47.6 Å². The fourth-order valence-corrected chi connectivity index (χ4v) is 2.40. The molecule has 8 nitrogen and oxygen atoms in total. The van der Waals surface area contributed by atoms with Gasteiger partial charge in [-0.15, -0.1) is 17.0 Å². The highest BCUT2D eigenvalue weighted by Crippen LogP contribution is 2.34. The molecule has 1 heterocycles. The Kier molecular flexibility index (Phi) is 7.56. The lowest BCUT2D eigenvalue weighted by atomic mass is 9.98. The van der Waals surface area contributed by atoms with Gasteiger partial charge in [-0.25, -0.2) is 0 Å². The van der Waals surface area contributed by atoms with Crippen LogP contribution in [0.4, 0.5) is 0 Å². The zero-order chi connectivity index (χ0) is 14.8. The molecule has 1 aliphatic rings. The number of alkyl halides is 1. The molecule has 118 valence electrons. The van der Waals surface area contributed by atoms with Crippen LogP contribution in [0.1, 0.15) is 13.8 Å². The van der Waals surface area contributed by atoms with E-state index in [9.17, 15) is 19.8 Å². The topological polar surface area (TPSA) is 128 Å². The molecule has 0 spiro atoms. The Morgan fingerprint density at radius 1 is 1.35 bits per heavy atom. The molecule has 0 aromatic heterocycles. The molecular formula is C10H17Br2NO7. The maximum absolute atomic E-state index is 11.0. The molecular weight excluding hydrogens is 406 g/mol. The Balaban J connectivity index is 0.00000361. The molecule has 1 saturated heterocycles. The van der Waals surface area contributed by atoms with Crippen LogP contribution in [-0.2, 0) is 23.8 Å². The van der Waals surface area contributed by atoms with Crippen molar-refractivity contribution >= 4 is 44.9 Å². The number of aliphatic hydroxyl groups excluding tert-OH is 2. The number of esters is 2. The van der Waals surface area contributed by atoms with Crippen LogP contribution in [0.3, 0.4) is 0 Å². The van der Waals surface area contributed by atoms with E-state index >= 15 is 0 Å². The van der Waals surface area contributed by atoms with Gasteiger partial charge >= 0.3 is 11.9 Å². The molecule has 0 aromatic rings. The van der Waals surface area contributed by atoms with Gasteiger partial charge in [0.25, 0.3) is 0 Å². The van der Waals surface area contributed by atoms with E-state index in [0.717, 1.165) is 13.8 Å². The Morgan fingerprint density at radius 2 is 1.85 bits per heavy atom. The van der Waals surface area contributed by atoms with Crippen LogP contribution in [-0.4, -0.2) is 57.8 Å². The van der Waals surface area contributed by atoms with Crippen LogP contribution < -0.4 is 5.73 Å². The predicted molar refractivity (Wildman–Crippen MR) is 75.2 cm³/mol. The van der Waals surface area contributed by atoms with Crippen LogP contribution in [0.15, 0.2) is 0 Å². The van der Waals surface area contributed by atoms with Crippen molar-refractivity contribution < 1.29 is 34.0 Å². The van der Waals surface area contributed by atoms with E-state index in [1.165, 1.54) is 0 Å². The molecule has 1 fully saturated rings. The van der Waals surface area contributed by atoms with Crippen molar-refractivity contribution in [3.8, 4) is 0 Å². The third kappa shape index (κ3) is 4.64. The summed E-state index contributed by atoms with van der Waals surface area (Å²) in [7, 11) is 0. The van der Waals surface area contributed by atoms with E-state index in [0.29, 0.717) is 0 Å². The quantitative estimate of drug-likeness (QED) is 0.306. The minimum atomic E-state index is -1.69. The third-order valence-electron chi connectivity index (χ3n) is 2.51. The molecule has 0 unspecified atom stereocenters. The van der Waals surface area contributed by atoms with E-state index in [1.54, 1.807) is 0 Å². The first kappa shape index (κ1) is 19.7. The number of nitrogens with two attached hydrogens (primary N) is 1. The Morgan fingerprint density at radius 3 is 2.25 bits per heavy atom. The van der Waals surface area contributed by atoms with Crippen molar-refractivity contribution in [3.05, 3.63) is 0 Å². The van der Waals surface area contributed by atoms with Gasteiger partial charge in [-0.1, -0.05) is 0 Å². The van der Waals surface area contributed by atoms with Gasteiger partial charge in [0.05, 0.1) is 6.61 Å². The predicted octanol–water partition coefficient (Wildman–Crippen LogP) is -0.813. The van der Waals surface area contributed by atoms with Gasteiger partial charge in [-0.2, -0.15) is 0 Å². The van der Waals surface area contributed by atoms with E-state index in [4.69, 9.17) is 19.9 Å². The number of ether oxygens (including phenoxy) is 3. The first-order valence-corrected chi connectivity index (χ1v) is 6.27. The van der Waals surface area contributed by atoms with E-state index in [1.807, 2.05) is 0 Å². The highest BCUT2D eigenvalue weighted by molar-refractivity contribution is 9.10. The zero-order valence-corrected chi connectivity index (χ0v) is 14.1. The lowest BCUT2D eigenvalue weighted by Crippen LogP contribution is -2.68. The number of aliphatic hydroxyl groups is 2. The summed E-state index contributed by atoms with van der Waals surface area (Å²) in [5, 5.41) is 19.3. The molecule has 0 amide bonds. The third-order valence-corrected chi connectivity index (χ3v) is 3.15. The Hall–Kier alpha value is -0.260. The first-order chi connectivity index (χ1) is 8.69. The maximum Gasteiger partial charge on any atom is 0.303 e. The molecule has 10 heteroatoms. The molecule has 0 aromatic carbocycles. The summed E-state index contributed by atoms with van der Waals surface area (Å²) in [6.07, 6.45) is -4.98. The van der Waals surface area contributed by atoms with Crippen molar-refractivity contribution in [1.29, 1.82) is 0 Å². The highest BCUT2D eigenvalue weighted by atomic mass is 79.9. The standard InChI is InChI=1S/C10H16BrNO7.BrH/c1-4(14)17-8-6(3-13)19-10(11,12)9(7(8)16)18-5(2)15;/h6-9,13,16H,3,12H2,1-2H3;1H/t6-,7-,8-,9+,10+;/m0./s1. The van der Waals surface area contributed by atoms with Gasteiger partial charge in [-0.05, 0) is 15.9 Å². The van der Waals surface area contributed by atoms with Gasteiger partial charge in [0.1, 0.15) is 12.2 Å². The molecule has 0 radical (unpaired) electrons. The fourth-order valence-electron chi connectivity index (χ4n) is 1.80. The Labute approximate surface area is 134 Å². The molecule has 5 atom stereocenters. The van der Waals surface area contributed by atoms with Gasteiger partial charge in [0, 0.05) is 13.8 Å². The number of rotatable bonds is 3. The number of hydrogen-bond acceptors (Lipinski definition) is 8. The van der Waals surface area contributed by atoms with Crippen LogP contribution >= 0.6 is 32.9 Å². The molecule has 1 aliphatic heterocycles. The van der Waals surface area contributed by atoms with Gasteiger partial charge in [-0.3, -0.25) is 15.3 Å². The number of halogens is 2. The second kappa shape index (κ2) is 7.66. The lowest BCUT2D eigenvalue weighted by molar-refractivity contribution is -0.252. The fraction of sp³-hybridized carbons (Fsp3) is 0.800. The summed E-state index contributed by atoms with van der Waals surface area (Å²) in [4.78, 5) is 22.0. The summed E-state index contributed by atoms with van der Waals surface area (Å²) in [6.45, 7) is 1.74. The highest BCUT2D eigenvalue weighted by Gasteiger charge is 2.54. The number of hydrogen-bond donors (Lipinski definition) is 3. The van der Waals surface area contributed by atoms with E-state index in [-0.39, 0.29) is 17.0 Å². The minimum Gasteiger partial charge on any atom is -0.457 e. The van der Waals surface area contributed by atoms with Gasteiger partial charge in [0.15, 0.2) is 12.2 Å². The average Bonchev–Trinajstić information content (AvgIpc) is 2.27. The molecule has 20 heavy (non-hydrogen) atoms. The summed E-state index contributed by atoms with van der Waals surface area (Å²) >= 11 is 2.97. The first-order valence-electron chi connectivity index (χ1n) is 5.48. The normalized spacial score (nSPS) is 36.7. The average molecular weight is 423 g/mol. The summed E-state index contributed by atoms with van der Waals surface area (Å²) in [6, 6.07) is 0. The molecule has 0 bridgehead atoms. The van der Waals surface area contributed by atoms with Crippen molar-refractivity contribution in [2.24, 2.45) is 5.73 Å². The summed E-state index contributed by atoms with van der Waals surface area (Å²) < 4.78 is 13.3. The largest absolute Gasteiger partial charge is 0.457 e. The van der Waals surface area contributed by atoms with Crippen molar-refractivity contribution in [2.75, 3.05) is 6.61 Å².